The van der Waals surface area contributed by atoms with Crippen LogP contribution in [-0.2, 0) is 16.0 Å². The van der Waals surface area contributed by atoms with Crippen LogP contribution in [0.4, 0.5) is 4.79 Å². The molecule has 1 atom stereocenters. The normalized spacial score (nSPS) is 17.8. The zero-order chi connectivity index (χ0) is 17.1. The molecule has 1 N–H and O–H groups in total. The molecule has 1 aromatic carbocycles. The molecular formula is C17H23N3O3. The van der Waals surface area contributed by atoms with Crippen LogP contribution in [0.5, 0.6) is 0 Å². The van der Waals surface area contributed by atoms with Crippen LogP contribution in [0.2, 0.25) is 0 Å². The number of amides is 4. The van der Waals surface area contributed by atoms with Crippen LogP contribution < -0.4 is 5.32 Å². The molecule has 4 amide bonds. The number of carbonyl (C=O) groups is 3. The number of rotatable bonds is 5. The Bertz CT molecular complexity index is 642. The number of imide groups is 1. The number of hydrogen-bond acceptors (Lipinski definition) is 3. The lowest BCUT2D eigenvalue weighted by Crippen LogP contribution is -2.37. The first-order valence-corrected chi connectivity index (χ1v) is 7.68. The molecule has 6 heteroatoms. The third-order valence-corrected chi connectivity index (χ3v) is 4.36. The molecule has 6 nitrogen and oxygen atoms in total. The molecule has 0 spiro atoms. The Morgan fingerprint density at radius 1 is 1.17 bits per heavy atom. The maximum atomic E-state index is 12.0. The first kappa shape index (κ1) is 17.0. The molecule has 1 saturated heterocycles. The molecule has 2 rings (SSSR count). The first-order chi connectivity index (χ1) is 10.8. The molecule has 0 unspecified atom stereocenters. The minimum Gasteiger partial charge on any atom is -0.356 e. The Kier molecular flexibility index (Phi) is 5.03. The molecular weight excluding hydrogens is 294 g/mol. The molecule has 0 bridgehead atoms. The van der Waals surface area contributed by atoms with Crippen molar-refractivity contribution in [2.75, 3.05) is 20.6 Å². The molecule has 1 aliphatic rings. The largest absolute Gasteiger partial charge is 0.356 e. The van der Waals surface area contributed by atoms with Gasteiger partial charge in [-0.05, 0) is 37.0 Å². The summed E-state index contributed by atoms with van der Waals surface area (Å²) in [5.74, 6) is -0.552. The number of nitrogens with one attached hydrogen (secondary N) is 1. The van der Waals surface area contributed by atoms with E-state index in [1.807, 2.05) is 0 Å². The van der Waals surface area contributed by atoms with Gasteiger partial charge in [0.25, 0.3) is 5.91 Å². The van der Waals surface area contributed by atoms with Gasteiger partial charge >= 0.3 is 6.03 Å². The smallest absolute Gasteiger partial charge is 0.326 e. The van der Waals surface area contributed by atoms with Crippen LogP contribution in [-0.4, -0.2) is 54.3 Å². The monoisotopic (exact) mass is 317 g/mol. The number of urea groups is 1. The van der Waals surface area contributed by atoms with E-state index in [2.05, 4.69) is 37.4 Å². The van der Waals surface area contributed by atoms with Crippen molar-refractivity contribution in [2.45, 2.75) is 32.7 Å². The SMILES string of the molecule is Cc1ccc(CCNC(=O)C[C@H]2C(=O)N(C)C(=O)N2C)cc1C. The summed E-state index contributed by atoms with van der Waals surface area (Å²) in [6.45, 7) is 4.64. The standard InChI is InChI=1S/C17H23N3O3/c1-11-5-6-13(9-12(11)2)7-8-18-15(21)10-14-16(22)20(4)17(23)19(14)3/h5-6,9,14H,7-8,10H2,1-4H3,(H,18,21)/t14-/m0/s1. The average molecular weight is 317 g/mol. The second-order valence-corrected chi connectivity index (χ2v) is 6.03. The molecule has 1 aliphatic heterocycles. The Hall–Kier alpha value is -2.37. The van der Waals surface area contributed by atoms with Gasteiger partial charge in [0.2, 0.25) is 5.91 Å². The van der Waals surface area contributed by atoms with E-state index in [0.717, 1.165) is 16.9 Å². The minimum absolute atomic E-state index is 0.00165. The van der Waals surface area contributed by atoms with E-state index in [4.69, 9.17) is 0 Å². The summed E-state index contributed by atoms with van der Waals surface area (Å²) < 4.78 is 0. The van der Waals surface area contributed by atoms with Crippen LogP contribution in [0.1, 0.15) is 23.1 Å². The van der Waals surface area contributed by atoms with Gasteiger partial charge < -0.3 is 10.2 Å². The Labute approximate surface area is 136 Å². The van der Waals surface area contributed by atoms with Gasteiger partial charge in [-0.2, -0.15) is 0 Å². The highest BCUT2D eigenvalue weighted by Crippen LogP contribution is 2.16. The predicted octanol–water partition coefficient (Wildman–Crippen LogP) is 1.24. The molecule has 0 saturated carbocycles. The lowest BCUT2D eigenvalue weighted by atomic mass is 10.0. The number of benzene rings is 1. The van der Waals surface area contributed by atoms with Crippen LogP contribution >= 0.6 is 0 Å². The van der Waals surface area contributed by atoms with E-state index < -0.39 is 6.04 Å². The minimum atomic E-state index is -0.700. The van der Waals surface area contributed by atoms with Crippen molar-refractivity contribution in [3.8, 4) is 0 Å². The summed E-state index contributed by atoms with van der Waals surface area (Å²) in [6.07, 6.45) is 0.735. The summed E-state index contributed by atoms with van der Waals surface area (Å²) in [4.78, 5) is 37.9. The zero-order valence-corrected chi connectivity index (χ0v) is 14.0. The fourth-order valence-electron chi connectivity index (χ4n) is 2.63. The molecule has 1 heterocycles. The van der Waals surface area contributed by atoms with Crippen molar-refractivity contribution in [1.82, 2.24) is 15.1 Å². The highest BCUT2D eigenvalue weighted by atomic mass is 16.2. The molecule has 0 radical (unpaired) electrons. The number of likely N-dealkylation sites (N-methyl/N-ethyl adjacent to an activating group) is 2. The van der Waals surface area contributed by atoms with E-state index >= 15 is 0 Å². The number of hydrogen-bond donors (Lipinski definition) is 1. The van der Waals surface area contributed by atoms with Crippen molar-refractivity contribution in [1.29, 1.82) is 0 Å². The molecule has 124 valence electrons. The maximum Gasteiger partial charge on any atom is 0.326 e. The van der Waals surface area contributed by atoms with Crippen LogP contribution in [0.15, 0.2) is 18.2 Å². The lowest BCUT2D eigenvalue weighted by Gasteiger charge is -2.15. The third-order valence-electron chi connectivity index (χ3n) is 4.36. The Morgan fingerprint density at radius 3 is 2.43 bits per heavy atom. The summed E-state index contributed by atoms with van der Waals surface area (Å²) >= 11 is 0. The van der Waals surface area contributed by atoms with Crippen molar-refractivity contribution in [3.63, 3.8) is 0 Å². The summed E-state index contributed by atoms with van der Waals surface area (Å²) in [5.41, 5.74) is 3.64. The quantitative estimate of drug-likeness (QED) is 0.831. The van der Waals surface area contributed by atoms with Crippen LogP contribution in [0.3, 0.4) is 0 Å². The molecule has 1 fully saturated rings. The van der Waals surface area contributed by atoms with Gasteiger partial charge in [-0.3, -0.25) is 14.5 Å². The fourth-order valence-corrected chi connectivity index (χ4v) is 2.63. The number of nitrogens with zero attached hydrogens (tertiary/aromatic N) is 2. The highest BCUT2D eigenvalue weighted by molar-refractivity contribution is 6.05. The van der Waals surface area contributed by atoms with E-state index in [0.29, 0.717) is 6.54 Å². The molecule has 0 aliphatic carbocycles. The van der Waals surface area contributed by atoms with Gasteiger partial charge in [0.1, 0.15) is 6.04 Å². The Balaban J connectivity index is 1.82. The van der Waals surface area contributed by atoms with E-state index in [1.165, 1.54) is 30.1 Å². The molecule has 0 aromatic heterocycles. The van der Waals surface area contributed by atoms with Crippen LogP contribution in [0, 0.1) is 13.8 Å². The third kappa shape index (κ3) is 3.70. The summed E-state index contributed by atoms with van der Waals surface area (Å²) in [6, 6.07) is 5.16. The Morgan fingerprint density at radius 2 is 1.87 bits per heavy atom. The first-order valence-electron chi connectivity index (χ1n) is 7.68. The predicted molar refractivity (Wildman–Crippen MR) is 87.0 cm³/mol. The highest BCUT2D eigenvalue weighted by Gasteiger charge is 2.41. The van der Waals surface area contributed by atoms with E-state index in [1.54, 1.807) is 0 Å². The van der Waals surface area contributed by atoms with Crippen LogP contribution in [0.25, 0.3) is 0 Å². The van der Waals surface area contributed by atoms with Gasteiger partial charge in [0, 0.05) is 20.6 Å². The maximum absolute atomic E-state index is 12.0. The average Bonchev–Trinajstić information content (AvgIpc) is 2.69. The lowest BCUT2D eigenvalue weighted by molar-refractivity contribution is -0.131. The second kappa shape index (κ2) is 6.81. The molecule has 1 aromatic rings. The van der Waals surface area contributed by atoms with Gasteiger partial charge in [-0.1, -0.05) is 18.2 Å². The second-order valence-electron chi connectivity index (χ2n) is 6.03. The van der Waals surface area contributed by atoms with Crippen molar-refractivity contribution < 1.29 is 14.4 Å². The summed E-state index contributed by atoms with van der Waals surface area (Å²) in [7, 11) is 2.97. The fraction of sp³-hybridized carbons (Fsp3) is 0.471. The van der Waals surface area contributed by atoms with Crippen molar-refractivity contribution in [2.24, 2.45) is 0 Å². The topological polar surface area (TPSA) is 69.7 Å². The van der Waals surface area contributed by atoms with Gasteiger partial charge in [0.05, 0.1) is 6.42 Å². The van der Waals surface area contributed by atoms with Crippen molar-refractivity contribution in [3.05, 3.63) is 34.9 Å². The summed E-state index contributed by atoms with van der Waals surface area (Å²) in [5, 5.41) is 2.82. The zero-order valence-electron chi connectivity index (χ0n) is 14.0. The van der Waals surface area contributed by atoms with Crippen molar-refractivity contribution >= 4 is 17.8 Å². The van der Waals surface area contributed by atoms with Gasteiger partial charge in [0.15, 0.2) is 0 Å². The van der Waals surface area contributed by atoms with E-state index in [9.17, 15) is 14.4 Å². The molecule has 23 heavy (non-hydrogen) atoms. The van der Waals surface area contributed by atoms with Gasteiger partial charge in [-0.25, -0.2) is 4.79 Å². The number of carbonyl (C=O) groups excluding carboxylic acids is 3. The number of aryl methyl sites for hydroxylation is 2. The van der Waals surface area contributed by atoms with Gasteiger partial charge in [-0.15, -0.1) is 0 Å². The van der Waals surface area contributed by atoms with E-state index in [-0.39, 0.29) is 24.3 Å².